The van der Waals surface area contributed by atoms with Gasteiger partial charge < -0.3 is 9.97 Å². The minimum Gasteiger partial charge on any atom is -0.338 e. The summed E-state index contributed by atoms with van der Waals surface area (Å²) in [5.41, 5.74) is 1.59. The van der Waals surface area contributed by atoms with Crippen LogP contribution in [0.2, 0.25) is 5.15 Å². The van der Waals surface area contributed by atoms with E-state index in [0.29, 0.717) is 21.7 Å². The number of halogens is 1. The van der Waals surface area contributed by atoms with Gasteiger partial charge in [-0.25, -0.2) is 9.97 Å². The molecule has 15 heavy (non-hydrogen) atoms. The molecular weight excluding hydrogens is 216 g/mol. The van der Waals surface area contributed by atoms with E-state index in [9.17, 15) is 4.79 Å². The van der Waals surface area contributed by atoms with Gasteiger partial charge in [0.05, 0.1) is 11.8 Å². The van der Waals surface area contributed by atoms with Crippen molar-refractivity contribution in [2.75, 3.05) is 0 Å². The molecule has 74 valence electrons. The molecule has 0 saturated carbocycles. The largest absolute Gasteiger partial charge is 0.338 e. The number of aromatic amines is 2. The highest BCUT2D eigenvalue weighted by atomic mass is 35.5. The standard InChI is InChI=1S/C9H5ClN4O/c10-5-2-1-4-7(14-5)6-8(13-4)11-3-12-9(6)15/h1-3H,(H2,11,12,13,15). The lowest BCUT2D eigenvalue weighted by Gasteiger charge is -1.89. The van der Waals surface area contributed by atoms with Gasteiger partial charge in [0, 0.05) is 0 Å². The maximum atomic E-state index is 11.6. The van der Waals surface area contributed by atoms with E-state index < -0.39 is 0 Å². The van der Waals surface area contributed by atoms with Crippen molar-refractivity contribution >= 4 is 33.7 Å². The lowest BCUT2D eigenvalue weighted by Crippen LogP contribution is -2.05. The van der Waals surface area contributed by atoms with Crippen LogP contribution in [0.25, 0.3) is 22.1 Å². The second kappa shape index (κ2) is 2.80. The van der Waals surface area contributed by atoms with Crippen molar-refractivity contribution in [2.45, 2.75) is 0 Å². The van der Waals surface area contributed by atoms with Crippen LogP contribution >= 0.6 is 11.6 Å². The summed E-state index contributed by atoms with van der Waals surface area (Å²) >= 11 is 5.77. The maximum Gasteiger partial charge on any atom is 0.262 e. The first-order valence-corrected chi connectivity index (χ1v) is 4.65. The molecule has 0 atom stereocenters. The summed E-state index contributed by atoms with van der Waals surface area (Å²) in [6, 6.07) is 3.43. The first kappa shape index (κ1) is 8.43. The topological polar surface area (TPSA) is 74.4 Å². The number of aromatic nitrogens is 4. The lowest BCUT2D eigenvalue weighted by atomic mass is 10.3. The molecule has 0 bridgehead atoms. The van der Waals surface area contributed by atoms with Crippen molar-refractivity contribution in [1.82, 2.24) is 19.9 Å². The van der Waals surface area contributed by atoms with Crippen molar-refractivity contribution in [3.8, 4) is 0 Å². The van der Waals surface area contributed by atoms with Gasteiger partial charge in [-0.15, -0.1) is 0 Å². The minimum absolute atomic E-state index is 0.221. The zero-order valence-electron chi connectivity index (χ0n) is 7.41. The number of fused-ring (bicyclic) bond motifs is 3. The summed E-state index contributed by atoms with van der Waals surface area (Å²) in [5, 5.41) is 0.793. The van der Waals surface area contributed by atoms with Gasteiger partial charge in [0.15, 0.2) is 0 Å². The molecule has 0 unspecified atom stereocenters. The van der Waals surface area contributed by atoms with E-state index in [1.807, 2.05) is 0 Å². The third kappa shape index (κ3) is 1.13. The second-order valence-electron chi connectivity index (χ2n) is 3.11. The predicted octanol–water partition coefficient (Wildman–Crippen LogP) is 1.45. The van der Waals surface area contributed by atoms with E-state index in [2.05, 4.69) is 19.9 Å². The van der Waals surface area contributed by atoms with Gasteiger partial charge in [-0.2, -0.15) is 0 Å². The number of hydrogen-bond acceptors (Lipinski definition) is 3. The fourth-order valence-corrected chi connectivity index (χ4v) is 1.72. The molecule has 3 aromatic rings. The zero-order valence-corrected chi connectivity index (χ0v) is 8.17. The summed E-state index contributed by atoms with van der Waals surface area (Å²) in [6.07, 6.45) is 1.35. The van der Waals surface area contributed by atoms with E-state index >= 15 is 0 Å². The molecule has 0 fully saturated rings. The molecule has 3 rings (SSSR count). The summed E-state index contributed by atoms with van der Waals surface area (Å²) in [7, 11) is 0. The van der Waals surface area contributed by atoms with Crippen LogP contribution in [-0.4, -0.2) is 19.9 Å². The average Bonchev–Trinajstić information content (AvgIpc) is 2.57. The summed E-state index contributed by atoms with van der Waals surface area (Å²) in [5.74, 6) is 0. The van der Waals surface area contributed by atoms with Gasteiger partial charge in [-0.1, -0.05) is 11.6 Å². The van der Waals surface area contributed by atoms with E-state index in [0.717, 1.165) is 5.52 Å². The van der Waals surface area contributed by atoms with Crippen LogP contribution in [0, 0.1) is 0 Å². The number of hydrogen-bond donors (Lipinski definition) is 2. The van der Waals surface area contributed by atoms with Gasteiger partial charge >= 0.3 is 0 Å². The molecule has 0 aliphatic carbocycles. The smallest absolute Gasteiger partial charge is 0.262 e. The van der Waals surface area contributed by atoms with Crippen LogP contribution in [0.4, 0.5) is 0 Å². The molecule has 0 spiro atoms. The Labute approximate surface area is 88.1 Å². The molecule has 6 heteroatoms. The molecule has 0 radical (unpaired) electrons. The van der Waals surface area contributed by atoms with Crippen LogP contribution in [0.5, 0.6) is 0 Å². The van der Waals surface area contributed by atoms with Gasteiger partial charge in [0.25, 0.3) is 5.56 Å². The van der Waals surface area contributed by atoms with Crippen molar-refractivity contribution in [3.05, 3.63) is 34.0 Å². The molecule has 2 N–H and O–H groups in total. The maximum absolute atomic E-state index is 11.6. The van der Waals surface area contributed by atoms with Gasteiger partial charge in [0.1, 0.15) is 21.7 Å². The Morgan fingerprint density at radius 1 is 1.33 bits per heavy atom. The fraction of sp³-hybridized carbons (Fsp3) is 0. The van der Waals surface area contributed by atoms with Crippen LogP contribution in [0.15, 0.2) is 23.3 Å². The Morgan fingerprint density at radius 3 is 3.07 bits per heavy atom. The highest BCUT2D eigenvalue weighted by molar-refractivity contribution is 6.30. The SMILES string of the molecule is O=c1[nH]cnc2[nH]c3ccc(Cl)nc3c12. The Kier molecular flexibility index (Phi) is 1.58. The van der Waals surface area contributed by atoms with E-state index in [1.54, 1.807) is 12.1 Å². The monoisotopic (exact) mass is 220 g/mol. The average molecular weight is 221 g/mol. The third-order valence-corrected chi connectivity index (χ3v) is 2.41. The molecule has 0 saturated heterocycles. The van der Waals surface area contributed by atoms with Crippen LogP contribution in [0.3, 0.4) is 0 Å². The highest BCUT2D eigenvalue weighted by Crippen LogP contribution is 2.20. The van der Waals surface area contributed by atoms with Crippen LogP contribution < -0.4 is 5.56 Å². The van der Waals surface area contributed by atoms with Crippen molar-refractivity contribution in [1.29, 1.82) is 0 Å². The van der Waals surface area contributed by atoms with Crippen LogP contribution in [0.1, 0.15) is 0 Å². The molecule has 3 heterocycles. The minimum atomic E-state index is -0.221. The molecule has 5 nitrogen and oxygen atoms in total. The second-order valence-corrected chi connectivity index (χ2v) is 3.50. The van der Waals surface area contributed by atoms with E-state index in [-0.39, 0.29) is 5.56 Å². The number of pyridine rings is 1. The summed E-state index contributed by atoms with van der Waals surface area (Å²) in [6.45, 7) is 0. The van der Waals surface area contributed by atoms with Gasteiger partial charge in [-0.3, -0.25) is 4.79 Å². The predicted molar refractivity (Wildman–Crippen MR) is 57.0 cm³/mol. The first-order chi connectivity index (χ1) is 7.25. The number of nitrogens with one attached hydrogen (secondary N) is 2. The molecule has 0 aliphatic heterocycles. The van der Waals surface area contributed by atoms with Crippen molar-refractivity contribution < 1.29 is 0 Å². The number of nitrogens with zero attached hydrogens (tertiary/aromatic N) is 2. The van der Waals surface area contributed by atoms with Gasteiger partial charge in [-0.05, 0) is 12.1 Å². The number of H-pyrrole nitrogens is 2. The summed E-state index contributed by atoms with van der Waals surface area (Å²) < 4.78 is 0. The normalized spacial score (nSPS) is 11.3. The first-order valence-electron chi connectivity index (χ1n) is 4.27. The van der Waals surface area contributed by atoms with E-state index in [4.69, 9.17) is 11.6 Å². The van der Waals surface area contributed by atoms with Crippen LogP contribution in [-0.2, 0) is 0 Å². The molecule has 3 aromatic heterocycles. The van der Waals surface area contributed by atoms with Gasteiger partial charge in [0.2, 0.25) is 0 Å². The lowest BCUT2D eigenvalue weighted by molar-refractivity contribution is 1.16. The Bertz CT molecular complexity index is 715. The van der Waals surface area contributed by atoms with E-state index in [1.165, 1.54) is 6.33 Å². The number of rotatable bonds is 0. The Morgan fingerprint density at radius 2 is 2.20 bits per heavy atom. The quantitative estimate of drug-likeness (QED) is 0.563. The summed E-state index contributed by atoms with van der Waals surface area (Å²) in [4.78, 5) is 25.2. The highest BCUT2D eigenvalue weighted by Gasteiger charge is 2.09. The van der Waals surface area contributed by atoms with Crippen molar-refractivity contribution in [3.63, 3.8) is 0 Å². The molecule has 0 aliphatic rings. The third-order valence-electron chi connectivity index (χ3n) is 2.20. The zero-order chi connectivity index (χ0) is 10.4. The molecule has 0 aromatic carbocycles. The Balaban J connectivity index is 2.67. The Hall–Kier alpha value is -1.88. The fourth-order valence-electron chi connectivity index (χ4n) is 1.57. The van der Waals surface area contributed by atoms with Crippen molar-refractivity contribution in [2.24, 2.45) is 0 Å². The molecule has 0 amide bonds. The molecular formula is C9H5ClN4O.